The second-order valence-corrected chi connectivity index (χ2v) is 2.66. The second kappa shape index (κ2) is 4.64. The van der Waals surface area contributed by atoms with Crippen molar-refractivity contribution in [3.63, 3.8) is 0 Å². The third kappa shape index (κ3) is 4.29. The molecule has 1 unspecified atom stereocenters. The lowest BCUT2D eigenvalue weighted by atomic mass is 10.2. The Labute approximate surface area is 58.6 Å². The molecule has 0 aromatic rings. The van der Waals surface area contributed by atoms with Gasteiger partial charge in [-0.1, -0.05) is 0 Å². The van der Waals surface area contributed by atoms with E-state index in [4.69, 9.17) is 10.8 Å². The van der Waals surface area contributed by atoms with E-state index in [1.807, 2.05) is 6.26 Å². The molecule has 3 nitrogen and oxygen atoms in total. The highest BCUT2D eigenvalue weighted by Gasteiger charge is 2.09. The first-order chi connectivity index (χ1) is 4.18. The van der Waals surface area contributed by atoms with E-state index < -0.39 is 12.0 Å². The summed E-state index contributed by atoms with van der Waals surface area (Å²) in [6, 6.07) is -0.933. The average Bonchev–Trinajstić information content (AvgIpc) is 1.82. The van der Waals surface area contributed by atoms with Crippen LogP contribution in [0.5, 0.6) is 0 Å². The molecule has 0 aromatic carbocycles. The minimum absolute atomic E-state index is 0.441. The molecule has 0 rings (SSSR count). The van der Waals surface area contributed by atoms with E-state index in [9.17, 15) is 4.79 Å². The summed E-state index contributed by atoms with van der Waals surface area (Å²) >= 11 is 1.56. The van der Waals surface area contributed by atoms with E-state index in [2.05, 4.69) is 0 Å². The number of rotatable bonds is 4. The Balaban J connectivity index is 3.27. The molecule has 9 heavy (non-hydrogen) atoms. The molecule has 0 aliphatic heterocycles. The molecule has 53 valence electrons. The number of hydrogen-bond donors (Lipinski definition) is 1. The van der Waals surface area contributed by atoms with Crippen molar-refractivity contribution in [2.24, 2.45) is 0 Å². The molecular weight excluding hydrogens is 138 g/mol. The molecule has 0 aromatic heterocycles. The van der Waals surface area contributed by atoms with Gasteiger partial charge in [0.1, 0.15) is 6.04 Å². The van der Waals surface area contributed by atoms with Crippen LogP contribution in [0.3, 0.4) is 0 Å². The van der Waals surface area contributed by atoms with Crippen LogP contribution in [0, 0.1) is 0 Å². The number of thioether (sulfide) groups is 1. The highest BCUT2D eigenvalue weighted by atomic mass is 32.2. The van der Waals surface area contributed by atoms with Crippen molar-refractivity contribution in [1.82, 2.24) is 5.73 Å². The maximum atomic E-state index is 10.0. The molecule has 0 saturated carbocycles. The van der Waals surface area contributed by atoms with Gasteiger partial charge in [-0.3, -0.25) is 4.79 Å². The zero-order valence-electron chi connectivity index (χ0n) is 5.26. The maximum absolute atomic E-state index is 10.0. The van der Waals surface area contributed by atoms with Crippen molar-refractivity contribution in [3.8, 4) is 0 Å². The molecular formula is C5H10NO2S. The Kier molecular flexibility index (Phi) is 4.53. The first-order valence-electron chi connectivity index (χ1n) is 2.61. The molecule has 0 saturated heterocycles. The Bertz CT molecular complexity index is 97.0. The molecule has 1 radical (unpaired) electrons. The second-order valence-electron chi connectivity index (χ2n) is 1.67. The van der Waals surface area contributed by atoms with E-state index in [1.165, 1.54) is 0 Å². The molecule has 4 heteroatoms. The number of hydrogen-bond acceptors (Lipinski definition) is 2. The zero-order chi connectivity index (χ0) is 7.28. The first kappa shape index (κ1) is 8.78. The van der Waals surface area contributed by atoms with Gasteiger partial charge in [0, 0.05) is 0 Å². The molecule has 0 aliphatic rings. The van der Waals surface area contributed by atoms with Gasteiger partial charge in [-0.15, -0.1) is 0 Å². The molecule has 0 aliphatic carbocycles. The van der Waals surface area contributed by atoms with Crippen LogP contribution >= 0.6 is 11.8 Å². The standard InChI is InChI=1S/C5H10NO2S/c1-9-3-2-4(6)5(7)8/h4,6H,2-3H2,1H3,(H,7,8). The van der Waals surface area contributed by atoms with E-state index in [1.54, 1.807) is 11.8 Å². The summed E-state index contributed by atoms with van der Waals surface area (Å²) in [7, 11) is 0. The summed E-state index contributed by atoms with van der Waals surface area (Å²) < 4.78 is 0. The van der Waals surface area contributed by atoms with Gasteiger partial charge in [-0.25, -0.2) is 5.73 Å². The first-order valence-corrected chi connectivity index (χ1v) is 4.00. The Morgan fingerprint density at radius 1 is 1.89 bits per heavy atom. The predicted octanol–water partition coefficient (Wildman–Crippen LogP) is 0.476. The van der Waals surface area contributed by atoms with Crippen molar-refractivity contribution >= 4 is 17.7 Å². The van der Waals surface area contributed by atoms with Crippen molar-refractivity contribution < 1.29 is 9.90 Å². The maximum Gasteiger partial charge on any atom is 0.322 e. The van der Waals surface area contributed by atoms with Gasteiger partial charge in [0.2, 0.25) is 0 Å². The predicted molar refractivity (Wildman–Crippen MR) is 37.5 cm³/mol. The van der Waals surface area contributed by atoms with Crippen LogP contribution < -0.4 is 5.73 Å². The number of nitrogens with one attached hydrogen (secondary N) is 1. The van der Waals surface area contributed by atoms with Crippen LogP contribution in [0.25, 0.3) is 0 Å². The van der Waals surface area contributed by atoms with E-state index in [-0.39, 0.29) is 0 Å². The summed E-state index contributed by atoms with van der Waals surface area (Å²) in [5.74, 6) is -0.274. The molecule has 0 bridgehead atoms. The van der Waals surface area contributed by atoms with Crippen molar-refractivity contribution in [2.75, 3.05) is 12.0 Å². The Morgan fingerprint density at radius 2 is 2.44 bits per heavy atom. The summed E-state index contributed by atoms with van der Waals surface area (Å²) in [5.41, 5.74) is 6.92. The third-order valence-corrected chi connectivity index (χ3v) is 1.55. The van der Waals surface area contributed by atoms with Gasteiger partial charge >= 0.3 is 5.97 Å². The van der Waals surface area contributed by atoms with Crippen LogP contribution in [0.2, 0.25) is 0 Å². The van der Waals surface area contributed by atoms with Gasteiger partial charge in [0.15, 0.2) is 0 Å². The molecule has 0 amide bonds. The molecule has 0 heterocycles. The van der Waals surface area contributed by atoms with Crippen LogP contribution in [0.4, 0.5) is 0 Å². The van der Waals surface area contributed by atoms with E-state index in [0.29, 0.717) is 6.42 Å². The SMILES string of the molecule is CSCCC([NH])C(=O)O. The lowest BCUT2D eigenvalue weighted by molar-refractivity contribution is -0.138. The fourth-order valence-corrected chi connectivity index (χ4v) is 0.831. The van der Waals surface area contributed by atoms with Crippen LogP contribution in [-0.2, 0) is 4.79 Å². The summed E-state index contributed by atoms with van der Waals surface area (Å²) in [6.45, 7) is 0. The summed E-state index contributed by atoms with van der Waals surface area (Å²) in [5, 5.41) is 8.21. The molecule has 0 spiro atoms. The van der Waals surface area contributed by atoms with Gasteiger partial charge in [0.05, 0.1) is 0 Å². The summed E-state index contributed by atoms with van der Waals surface area (Å²) in [4.78, 5) is 10.0. The quantitative estimate of drug-likeness (QED) is 0.630. The van der Waals surface area contributed by atoms with Gasteiger partial charge in [-0.05, 0) is 18.4 Å². The minimum Gasteiger partial charge on any atom is -0.480 e. The topological polar surface area (TPSA) is 61.1 Å². The number of aliphatic carboxylic acids is 1. The van der Waals surface area contributed by atoms with Crippen LogP contribution in [0.15, 0.2) is 0 Å². The van der Waals surface area contributed by atoms with Gasteiger partial charge < -0.3 is 5.11 Å². The van der Waals surface area contributed by atoms with Crippen LogP contribution in [-0.4, -0.2) is 29.1 Å². The molecule has 0 fully saturated rings. The largest absolute Gasteiger partial charge is 0.480 e. The number of carboxylic acid groups (broad SMARTS) is 1. The lowest BCUT2D eigenvalue weighted by Gasteiger charge is -2.01. The lowest BCUT2D eigenvalue weighted by Crippen LogP contribution is -2.21. The van der Waals surface area contributed by atoms with Crippen molar-refractivity contribution in [2.45, 2.75) is 12.5 Å². The normalized spacial score (nSPS) is 13.1. The fourth-order valence-electron chi connectivity index (χ4n) is 0.359. The third-order valence-electron chi connectivity index (χ3n) is 0.909. The van der Waals surface area contributed by atoms with Gasteiger partial charge in [0.25, 0.3) is 0 Å². The Morgan fingerprint density at radius 3 is 2.78 bits per heavy atom. The zero-order valence-corrected chi connectivity index (χ0v) is 6.07. The molecule has 1 atom stereocenters. The van der Waals surface area contributed by atoms with Gasteiger partial charge in [-0.2, -0.15) is 11.8 Å². The van der Waals surface area contributed by atoms with Crippen molar-refractivity contribution in [3.05, 3.63) is 0 Å². The smallest absolute Gasteiger partial charge is 0.322 e. The molecule has 2 N–H and O–H groups in total. The van der Waals surface area contributed by atoms with Crippen LogP contribution in [0.1, 0.15) is 6.42 Å². The average molecular weight is 148 g/mol. The highest BCUT2D eigenvalue weighted by molar-refractivity contribution is 7.98. The monoisotopic (exact) mass is 148 g/mol. The summed E-state index contributed by atoms with van der Waals surface area (Å²) in [6.07, 6.45) is 2.34. The minimum atomic E-state index is -1.02. The highest BCUT2D eigenvalue weighted by Crippen LogP contribution is 1.98. The van der Waals surface area contributed by atoms with Crippen molar-refractivity contribution in [1.29, 1.82) is 0 Å². The Hall–Kier alpha value is -0.220. The number of carbonyl (C=O) groups is 1. The fraction of sp³-hybridized carbons (Fsp3) is 0.800. The van der Waals surface area contributed by atoms with E-state index >= 15 is 0 Å². The van der Waals surface area contributed by atoms with E-state index in [0.717, 1.165) is 5.75 Å². The number of carboxylic acids is 1.